The minimum atomic E-state index is 0.145. The van der Waals surface area contributed by atoms with Gasteiger partial charge in [-0.15, -0.1) is 10.2 Å². The average molecular weight is 168 g/mol. The second-order valence-electron chi connectivity index (χ2n) is 3.43. The molecule has 0 aliphatic heterocycles. The van der Waals surface area contributed by atoms with Gasteiger partial charge in [0.05, 0.1) is 0 Å². The van der Waals surface area contributed by atoms with Crippen molar-refractivity contribution in [3.8, 4) is 0 Å². The van der Waals surface area contributed by atoms with Gasteiger partial charge in [-0.25, -0.2) is 0 Å². The van der Waals surface area contributed by atoms with Crippen molar-refractivity contribution >= 4 is 0 Å². The zero-order valence-electron chi connectivity index (χ0n) is 7.86. The van der Waals surface area contributed by atoms with Gasteiger partial charge in [-0.05, 0) is 20.8 Å². The summed E-state index contributed by atoms with van der Waals surface area (Å²) < 4.78 is 2.04. The summed E-state index contributed by atoms with van der Waals surface area (Å²) in [7, 11) is 0. The summed E-state index contributed by atoms with van der Waals surface area (Å²) in [4.78, 5) is 0. The van der Waals surface area contributed by atoms with E-state index in [4.69, 9.17) is 5.73 Å². The molecular formula is C8H16N4. The molecule has 4 nitrogen and oxygen atoms in total. The fraction of sp³-hybridized carbons (Fsp3) is 0.750. The first-order valence-corrected chi connectivity index (χ1v) is 4.25. The second kappa shape index (κ2) is 3.67. The number of nitrogens with zero attached hydrogens (tertiary/aromatic N) is 3. The van der Waals surface area contributed by atoms with Crippen LogP contribution in [0.3, 0.4) is 0 Å². The molecule has 0 aromatic carbocycles. The van der Waals surface area contributed by atoms with Crippen LogP contribution in [0.4, 0.5) is 0 Å². The van der Waals surface area contributed by atoms with Crippen molar-refractivity contribution in [2.24, 2.45) is 5.73 Å². The molecule has 0 amide bonds. The first kappa shape index (κ1) is 9.19. The predicted octanol–water partition coefficient (Wildman–Crippen LogP) is 0.749. The molecule has 1 unspecified atom stereocenters. The third-order valence-corrected chi connectivity index (χ3v) is 1.71. The van der Waals surface area contributed by atoms with Crippen molar-refractivity contribution in [2.75, 3.05) is 0 Å². The van der Waals surface area contributed by atoms with Gasteiger partial charge in [0.25, 0.3) is 0 Å². The first-order valence-electron chi connectivity index (χ1n) is 4.25. The normalized spacial score (nSPS) is 13.8. The lowest BCUT2D eigenvalue weighted by Crippen LogP contribution is -2.21. The van der Waals surface area contributed by atoms with Gasteiger partial charge in [0.1, 0.15) is 12.2 Å². The van der Waals surface area contributed by atoms with Crippen LogP contribution < -0.4 is 5.73 Å². The van der Waals surface area contributed by atoms with E-state index in [2.05, 4.69) is 24.0 Å². The van der Waals surface area contributed by atoms with Gasteiger partial charge < -0.3 is 10.3 Å². The van der Waals surface area contributed by atoms with E-state index in [1.807, 2.05) is 11.5 Å². The smallest absolute Gasteiger partial charge is 0.134 e. The Morgan fingerprint density at radius 3 is 2.67 bits per heavy atom. The molecule has 0 fully saturated rings. The topological polar surface area (TPSA) is 56.7 Å². The summed E-state index contributed by atoms with van der Waals surface area (Å²) in [6.07, 6.45) is 2.54. The Hall–Kier alpha value is -0.900. The van der Waals surface area contributed by atoms with Gasteiger partial charge in [0.15, 0.2) is 0 Å². The van der Waals surface area contributed by atoms with Gasteiger partial charge >= 0.3 is 0 Å². The highest BCUT2D eigenvalue weighted by molar-refractivity contribution is 4.90. The molecule has 1 aromatic heterocycles. The molecular weight excluding hydrogens is 152 g/mol. The summed E-state index contributed by atoms with van der Waals surface area (Å²) in [5, 5.41) is 7.86. The summed E-state index contributed by atoms with van der Waals surface area (Å²) in [6, 6.07) is 0.556. The van der Waals surface area contributed by atoms with Gasteiger partial charge in [0.2, 0.25) is 0 Å². The van der Waals surface area contributed by atoms with Gasteiger partial charge in [-0.1, -0.05) is 0 Å². The van der Waals surface area contributed by atoms with E-state index in [1.54, 1.807) is 6.33 Å². The highest BCUT2D eigenvalue weighted by Crippen LogP contribution is 2.07. The summed E-state index contributed by atoms with van der Waals surface area (Å²) in [5.41, 5.74) is 5.67. The largest absolute Gasteiger partial charge is 0.328 e. The molecule has 0 spiro atoms. The summed E-state index contributed by atoms with van der Waals surface area (Å²) in [6.45, 7) is 6.18. The molecule has 12 heavy (non-hydrogen) atoms. The van der Waals surface area contributed by atoms with Crippen LogP contribution >= 0.6 is 0 Å². The standard InChI is InChI=1S/C8H16N4/c1-6(2)12-5-10-11-8(12)4-7(3)9/h5-7H,4,9H2,1-3H3. The monoisotopic (exact) mass is 168 g/mol. The van der Waals surface area contributed by atoms with Gasteiger partial charge in [0, 0.05) is 18.5 Å². The highest BCUT2D eigenvalue weighted by atomic mass is 15.3. The maximum atomic E-state index is 5.67. The molecule has 0 saturated heterocycles. The number of rotatable bonds is 3. The Kier molecular flexibility index (Phi) is 2.81. The van der Waals surface area contributed by atoms with Crippen molar-refractivity contribution in [1.82, 2.24) is 14.8 Å². The molecule has 0 bridgehead atoms. The Balaban J connectivity index is 2.77. The van der Waals surface area contributed by atoms with E-state index in [1.165, 1.54) is 0 Å². The van der Waals surface area contributed by atoms with E-state index < -0.39 is 0 Å². The fourth-order valence-corrected chi connectivity index (χ4v) is 1.13. The van der Waals surface area contributed by atoms with Crippen LogP contribution in [-0.4, -0.2) is 20.8 Å². The predicted molar refractivity (Wildman–Crippen MR) is 47.8 cm³/mol. The van der Waals surface area contributed by atoms with Gasteiger partial charge in [-0.3, -0.25) is 0 Å². The maximum Gasteiger partial charge on any atom is 0.134 e. The van der Waals surface area contributed by atoms with Crippen LogP contribution in [0, 0.1) is 0 Å². The lowest BCUT2D eigenvalue weighted by Gasteiger charge is -2.10. The fourth-order valence-electron chi connectivity index (χ4n) is 1.13. The van der Waals surface area contributed by atoms with Crippen molar-refractivity contribution in [1.29, 1.82) is 0 Å². The molecule has 4 heteroatoms. The maximum absolute atomic E-state index is 5.67. The molecule has 0 saturated carbocycles. The molecule has 1 rings (SSSR count). The van der Waals surface area contributed by atoms with Gasteiger partial charge in [-0.2, -0.15) is 0 Å². The van der Waals surface area contributed by atoms with E-state index in [0.717, 1.165) is 12.2 Å². The van der Waals surface area contributed by atoms with E-state index in [9.17, 15) is 0 Å². The highest BCUT2D eigenvalue weighted by Gasteiger charge is 2.08. The van der Waals surface area contributed by atoms with Crippen molar-refractivity contribution < 1.29 is 0 Å². The Labute approximate surface area is 72.8 Å². The average Bonchev–Trinajstić information content (AvgIpc) is 2.33. The molecule has 0 radical (unpaired) electrons. The van der Waals surface area contributed by atoms with Crippen LogP contribution in [0.25, 0.3) is 0 Å². The summed E-state index contributed by atoms with van der Waals surface area (Å²) >= 11 is 0. The minimum absolute atomic E-state index is 0.145. The third-order valence-electron chi connectivity index (χ3n) is 1.71. The van der Waals surface area contributed by atoms with Crippen LogP contribution in [0.2, 0.25) is 0 Å². The molecule has 1 heterocycles. The number of hydrogen-bond donors (Lipinski definition) is 1. The Morgan fingerprint density at radius 1 is 1.50 bits per heavy atom. The van der Waals surface area contributed by atoms with E-state index in [0.29, 0.717) is 6.04 Å². The van der Waals surface area contributed by atoms with Crippen LogP contribution in [0.5, 0.6) is 0 Å². The molecule has 1 aromatic rings. The molecule has 1 atom stereocenters. The molecule has 0 aliphatic carbocycles. The lowest BCUT2D eigenvalue weighted by atomic mass is 10.2. The number of nitrogens with two attached hydrogens (primary N) is 1. The van der Waals surface area contributed by atoms with Crippen LogP contribution in [-0.2, 0) is 6.42 Å². The quantitative estimate of drug-likeness (QED) is 0.724. The minimum Gasteiger partial charge on any atom is -0.328 e. The SMILES string of the molecule is CC(N)Cc1nncn1C(C)C. The van der Waals surface area contributed by atoms with Crippen molar-refractivity contribution in [2.45, 2.75) is 39.3 Å². The number of aromatic nitrogens is 3. The second-order valence-corrected chi connectivity index (χ2v) is 3.43. The third kappa shape index (κ3) is 2.04. The molecule has 68 valence electrons. The molecule has 0 aliphatic rings. The Bertz CT molecular complexity index is 239. The van der Waals surface area contributed by atoms with Crippen LogP contribution in [0.1, 0.15) is 32.6 Å². The zero-order chi connectivity index (χ0) is 9.14. The molecule has 2 N–H and O–H groups in total. The van der Waals surface area contributed by atoms with Crippen LogP contribution in [0.15, 0.2) is 6.33 Å². The van der Waals surface area contributed by atoms with E-state index >= 15 is 0 Å². The van der Waals surface area contributed by atoms with E-state index in [-0.39, 0.29) is 6.04 Å². The first-order chi connectivity index (χ1) is 5.61. The zero-order valence-corrected chi connectivity index (χ0v) is 7.86. The van der Waals surface area contributed by atoms with Crippen molar-refractivity contribution in [3.63, 3.8) is 0 Å². The summed E-state index contributed by atoms with van der Waals surface area (Å²) in [5.74, 6) is 0.972. The number of hydrogen-bond acceptors (Lipinski definition) is 3. The Morgan fingerprint density at radius 2 is 2.17 bits per heavy atom. The van der Waals surface area contributed by atoms with Crippen molar-refractivity contribution in [3.05, 3.63) is 12.2 Å². The lowest BCUT2D eigenvalue weighted by molar-refractivity contribution is 0.550.